The van der Waals surface area contributed by atoms with E-state index >= 15 is 0 Å². The Bertz CT molecular complexity index is 852. The smallest absolute Gasteiger partial charge is 0.326 e. The number of benzene rings is 2. The number of aromatic nitrogens is 2. The van der Waals surface area contributed by atoms with Crippen LogP contribution in [0.1, 0.15) is 0 Å². The van der Waals surface area contributed by atoms with Crippen LogP contribution in [0.3, 0.4) is 0 Å². The molecule has 0 atom stereocenters. The van der Waals surface area contributed by atoms with E-state index in [0.29, 0.717) is 18.8 Å². The molecule has 0 aliphatic heterocycles. The zero-order valence-electron chi connectivity index (χ0n) is 12.5. The number of carbonyl (C=O) groups is 1. The van der Waals surface area contributed by atoms with Gasteiger partial charge in [0, 0.05) is 13.1 Å². The summed E-state index contributed by atoms with van der Waals surface area (Å²) in [7, 11) is 0. The van der Waals surface area contributed by atoms with Crippen molar-refractivity contribution in [3.05, 3.63) is 65.1 Å². The molecule has 1 heterocycles. The molecule has 0 unspecified atom stereocenters. The number of ether oxygens (including phenoxy) is 1. The highest BCUT2D eigenvalue weighted by Gasteiger charge is 2.07. The Kier molecular flexibility index (Phi) is 4.42. The predicted octanol–water partition coefficient (Wildman–Crippen LogP) is 1.52. The second-order valence-electron chi connectivity index (χ2n) is 5.05. The maximum atomic E-state index is 11.9. The third-order valence-electron chi connectivity index (χ3n) is 3.45. The van der Waals surface area contributed by atoms with E-state index in [1.807, 2.05) is 42.5 Å². The standard InChI is InChI=1S/C17H17N3O3/c21-16(12-23-13-6-2-1-3-7-13)18-10-11-20-15-9-5-4-8-14(15)19-17(20)22/h1-9H,10-12H2,(H,18,21)(H,19,22). The number of para-hydroxylation sites is 3. The Hall–Kier alpha value is -3.02. The van der Waals surface area contributed by atoms with E-state index in [0.717, 1.165) is 11.0 Å². The zero-order valence-corrected chi connectivity index (χ0v) is 12.5. The molecule has 0 fully saturated rings. The van der Waals surface area contributed by atoms with Gasteiger partial charge in [-0.1, -0.05) is 30.3 Å². The van der Waals surface area contributed by atoms with Crippen LogP contribution in [0.15, 0.2) is 59.4 Å². The van der Waals surface area contributed by atoms with Gasteiger partial charge in [-0.15, -0.1) is 0 Å². The number of hydrogen-bond acceptors (Lipinski definition) is 3. The molecule has 0 bridgehead atoms. The van der Waals surface area contributed by atoms with E-state index in [1.54, 1.807) is 16.7 Å². The summed E-state index contributed by atoms with van der Waals surface area (Å²) in [6, 6.07) is 16.6. The quantitative estimate of drug-likeness (QED) is 0.725. The van der Waals surface area contributed by atoms with Crippen LogP contribution in [0, 0.1) is 0 Å². The Morgan fingerprint density at radius 1 is 1.09 bits per heavy atom. The Morgan fingerprint density at radius 3 is 2.65 bits per heavy atom. The van der Waals surface area contributed by atoms with Crippen molar-refractivity contribution >= 4 is 16.9 Å². The van der Waals surface area contributed by atoms with Gasteiger partial charge in [-0.3, -0.25) is 9.36 Å². The van der Waals surface area contributed by atoms with Gasteiger partial charge in [0.2, 0.25) is 0 Å². The van der Waals surface area contributed by atoms with Crippen LogP contribution < -0.4 is 15.7 Å². The number of aromatic amines is 1. The molecule has 0 spiro atoms. The molecule has 0 aliphatic carbocycles. The van der Waals surface area contributed by atoms with Gasteiger partial charge in [-0.2, -0.15) is 0 Å². The first-order valence-electron chi connectivity index (χ1n) is 7.36. The van der Waals surface area contributed by atoms with Crippen LogP contribution >= 0.6 is 0 Å². The summed E-state index contributed by atoms with van der Waals surface area (Å²) in [5.74, 6) is 0.428. The lowest BCUT2D eigenvalue weighted by Crippen LogP contribution is -2.33. The van der Waals surface area contributed by atoms with Gasteiger partial charge in [0.25, 0.3) is 5.91 Å². The van der Waals surface area contributed by atoms with Gasteiger partial charge in [0.1, 0.15) is 5.75 Å². The summed E-state index contributed by atoms with van der Waals surface area (Å²) in [4.78, 5) is 26.4. The maximum Gasteiger partial charge on any atom is 0.326 e. The third kappa shape index (κ3) is 3.60. The van der Waals surface area contributed by atoms with E-state index in [4.69, 9.17) is 4.74 Å². The number of nitrogens with one attached hydrogen (secondary N) is 2. The lowest BCUT2D eigenvalue weighted by atomic mass is 10.3. The molecule has 0 aliphatic rings. The third-order valence-corrected chi connectivity index (χ3v) is 3.45. The number of hydrogen-bond donors (Lipinski definition) is 2. The fourth-order valence-corrected chi connectivity index (χ4v) is 2.35. The monoisotopic (exact) mass is 311 g/mol. The lowest BCUT2D eigenvalue weighted by Gasteiger charge is -2.08. The zero-order chi connectivity index (χ0) is 16.1. The van der Waals surface area contributed by atoms with Crippen molar-refractivity contribution in [1.29, 1.82) is 0 Å². The molecule has 1 aromatic heterocycles. The maximum absolute atomic E-state index is 11.9. The van der Waals surface area contributed by atoms with Crippen molar-refractivity contribution in [3.8, 4) is 5.75 Å². The fraction of sp³-hybridized carbons (Fsp3) is 0.176. The van der Waals surface area contributed by atoms with Crippen molar-refractivity contribution in [3.63, 3.8) is 0 Å². The molecule has 3 aromatic rings. The summed E-state index contributed by atoms with van der Waals surface area (Å²) in [6.07, 6.45) is 0. The molecule has 0 saturated heterocycles. The van der Waals surface area contributed by atoms with Crippen LogP contribution in [-0.2, 0) is 11.3 Å². The van der Waals surface area contributed by atoms with Crippen molar-refractivity contribution in [2.75, 3.05) is 13.2 Å². The Morgan fingerprint density at radius 2 is 1.83 bits per heavy atom. The number of H-pyrrole nitrogens is 1. The number of rotatable bonds is 6. The van der Waals surface area contributed by atoms with Crippen LogP contribution in [0.5, 0.6) is 5.75 Å². The van der Waals surface area contributed by atoms with E-state index in [1.165, 1.54) is 0 Å². The van der Waals surface area contributed by atoms with Gasteiger partial charge in [-0.25, -0.2) is 4.79 Å². The molecule has 23 heavy (non-hydrogen) atoms. The molecule has 6 heteroatoms. The number of carbonyl (C=O) groups excluding carboxylic acids is 1. The second kappa shape index (κ2) is 6.83. The minimum atomic E-state index is -0.221. The van der Waals surface area contributed by atoms with E-state index in [2.05, 4.69) is 10.3 Å². The number of fused-ring (bicyclic) bond motifs is 1. The van der Waals surface area contributed by atoms with E-state index in [-0.39, 0.29) is 18.2 Å². The molecule has 3 rings (SSSR count). The van der Waals surface area contributed by atoms with Crippen LogP contribution in [0.25, 0.3) is 11.0 Å². The highest BCUT2D eigenvalue weighted by atomic mass is 16.5. The van der Waals surface area contributed by atoms with Gasteiger partial charge < -0.3 is 15.0 Å². The first-order valence-corrected chi connectivity index (χ1v) is 7.36. The van der Waals surface area contributed by atoms with Crippen LogP contribution in [0.4, 0.5) is 0 Å². The average Bonchev–Trinajstić information content (AvgIpc) is 2.90. The van der Waals surface area contributed by atoms with E-state index < -0.39 is 0 Å². The van der Waals surface area contributed by atoms with Gasteiger partial charge in [0.15, 0.2) is 6.61 Å². The normalized spacial score (nSPS) is 10.6. The molecular weight excluding hydrogens is 294 g/mol. The highest BCUT2D eigenvalue weighted by molar-refractivity contribution is 5.77. The second-order valence-corrected chi connectivity index (χ2v) is 5.05. The van der Waals surface area contributed by atoms with Crippen LogP contribution in [0.2, 0.25) is 0 Å². The van der Waals surface area contributed by atoms with E-state index in [9.17, 15) is 9.59 Å². The first-order chi connectivity index (χ1) is 11.2. The molecule has 118 valence electrons. The lowest BCUT2D eigenvalue weighted by molar-refractivity contribution is -0.123. The molecule has 1 amide bonds. The number of imidazole rings is 1. The van der Waals surface area contributed by atoms with Crippen molar-refractivity contribution < 1.29 is 9.53 Å². The van der Waals surface area contributed by atoms with Crippen LogP contribution in [-0.4, -0.2) is 28.6 Å². The Labute approximate surface area is 132 Å². The van der Waals surface area contributed by atoms with Gasteiger partial charge in [-0.05, 0) is 24.3 Å². The number of amides is 1. The van der Waals surface area contributed by atoms with Gasteiger partial charge >= 0.3 is 5.69 Å². The summed E-state index contributed by atoms with van der Waals surface area (Å²) >= 11 is 0. The summed E-state index contributed by atoms with van der Waals surface area (Å²) in [5.41, 5.74) is 1.43. The summed E-state index contributed by atoms with van der Waals surface area (Å²) in [6.45, 7) is 0.714. The van der Waals surface area contributed by atoms with Crippen molar-refractivity contribution in [1.82, 2.24) is 14.9 Å². The molecule has 2 aromatic carbocycles. The van der Waals surface area contributed by atoms with Crippen molar-refractivity contribution in [2.24, 2.45) is 0 Å². The molecule has 0 saturated carbocycles. The molecule has 0 radical (unpaired) electrons. The van der Waals surface area contributed by atoms with Crippen molar-refractivity contribution in [2.45, 2.75) is 6.54 Å². The van der Waals surface area contributed by atoms with Gasteiger partial charge in [0.05, 0.1) is 11.0 Å². The molecule has 2 N–H and O–H groups in total. The fourth-order valence-electron chi connectivity index (χ4n) is 2.35. The Balaban J connectivity index is 1.51. The first kappa shape index (κ1) is 14.9. The number of nitrogens with zero attached hydrogens (tertiary/aromatic N) is 1. The predicted molar refractivity (Wildman–Crippen MR) is 87.5 cm³/mol. The highest BCUT2D eigenvalue weighted by Crippen LogP contribution is 2.08. The SMILES string of the molecule is O=C(COc1ccccc1)NCCn1c(=O)[nH]c2ccccc21. The minimum Gasteiger partial charge on any atom is -0.484 e. The summed E-state index contributed by atoms with van der Waals surface area (Å²) in [5, 5.41) is 2.75. The molecule has 6 nitrogen and oxygen atoms in total. The molecular formula is C17H17N3O3. The topological polar surface area (TPSA) is 76.1 Å². The minimum absolute atomic E-state index is 0.0488. The summed E-state index contributed by atoms with van der Waals surface area (Å²) < 4.78 is 6.97. The average molecular weight is 311 g/mol. The largest absolute Gasteiger partial charge is 0.484 e.